The molecule has 1 nitrogen and oxygen atoms in total. The third-order valence-electron chi connectivity index (χ3n) is 2.68. The van der Waals surface area contributed by atoms with Crippen LogP contribution in [0, 0.1) is 0 Å². The highest BCUT2D eigenvalue weighted by Crippen LogP contribution is 2.25. The summed E-state index contributed by atoms with van der Waals surface area (Å²) in [5.41, 5.74) is 8.50. The van der Waals surface area contributed by atoms with E-state index in [4.69, 9.17) is 17.3 Å². The van der Waals surface area contributed by atoms with Gasteiger partial charge in [-0.05, 0) is 29.7 Å². The third kappa shape index (κ3) is 3.32. The topological polar surface area (TPSA) is 26.0 Å². The Balaban J connectivity index is 2.16. The molecule has 0 aliphatic carbocycles. The van der Waals surface area contributed by atoms with E-state index in [1.165, 1.54) is 5.56 Å². The molecule has 0 aliphatic heterocycles. The molecule has 0 fully saturated rings. The van der Waals surface area contributed by atoms with Gasteiger partial charge < -0.3 is 5.73 Å². The Bertz CT molecular complexity index is 499. The molecular weight excluding hydrogens is 298 g/mol. The van der Waals surface area contributed by atoms with Crippen molar-refractivity contribution >= 4 is 27.5 Å². The highest BCUT2D eigenvalue weighted by molar-refractivity contribution is 9.10. The van der Waals surface area contributed by atoms with E-state index < -0.39 is 0 Å². The Morgan fingerprint density at radius 3 is 2.47 bits per heavy atom. The normalized spacial score (nSPS) is 12.4. The maximum Gasteiger partial charge on any atom is 0.0417 e. The van der Waals surface area contributed by atoms with Crippen molar-refractivity contribution < 1.29 is 0 Å². The molecule has 0 spiro atoms. The highest BCUT2D eigenvalue weighted by Gasteiger charge is 2.09. The Morgan fingerprint density at radius 1 is 1.12 bits per heavy atom. The Morgan fingerprint density at radius 2 is 1.82 bits per heavy atom. The number of nitrogens with two attached hydrogens (primary N) is 1. The van der Waals surface area contributed by atoms with Crippen molar-refractivity contribution in [3.05, 3.63) is 69.2 Å². The monoisotopic (exact) mass is 309 g/mol. The minimum Gasteiger partial charge on any atom is -0.324 e. The second-order valence-corrected chi connectivity index (χ2v) is 5.25. The Labute approximate surface area is 115 Å². The lowest BCUT2D eigenvalue weighted by atomic mass is 10.00. The summed E-state index contributed by atoms with van der Waals surface area (Å²) in [6.07, 6.45) is 0.793. The maximum absolute atomic E-state index is 6.18. The summed E-state index contributed by atoms with van der Waals surface area (Å²) in [6.45, 7) is 0. The largest absolute Gasteiger partial charge is 0.324 e. The molecule has 0 saturated carbocycles. The third-order valence-corrected chi connectivity index (χ3v) is 3.66. The SMILES string of the molecule is NC(Cc1ccc(Cl)cc1Br)c1ccccc1. The number of rotatable bonds is 3. The summed E-state index contributed by atoms with van der Waals surface area (Å²) in [7, 11) is 0. The molecule has 0 aromatic heterocycles. The first-order chi connectivity index (χ1) is 8.16. The van der Waals surface area contributed by atoms with Crippen LogP contribution < -0.4 is 5.73 Å². The van der Waals surface area contributed by atoms with Gasteiger partial charge in [0.1, 0.15) is 0 Å². The van der Waals surface area contributed by atoms with E-state index in [9.17, 15) is 0 Å². The molecule has 0 radical (unpaired) electrons. The molecular formula is C14H13BrClN. The molecule has 0 bridgehead atoms. The number of hydrogen-bond donors (Lipinski definition) is 1. The van der Waals surface area contributed by atoms with Gasteiger partial charge in [-0.2, -0.15) is 0 Å². The van der Waals surface area contributed by atoms with Gasteiger partial charge in [-0.3, -0.25) is 0 Å². The molecule has 0 amide bonds. The molecule has 2 aromatic carbocycles. The van der Waals surface area contributed by atoms with Gasteiger partial charge in [-0.1, -0.05) is 63.9 Å². The molecule has 0 aliphatic rings. The lowest BCUT2D eigenvalue weighted by Crippen LogP contribution is -2.13. The van der Waals surface area contributed by atoms with Crippen molar-refractivity contribution in [1.29, 1.82) is 0 Å². The molecule has 3 heteroatoms. The fourth-order valence-corrected chi connectivity index (χ4v) is 2.59. The van der Waals surface area contributed by atoms with E-state index in [0.717, 1.165) is 21.5 Å². The van der Waals surface area contributed by atoms with E-state index in [0.29, 0.717) is 0 Å². The fourth-order valence-electron chi connectivity index (χ4n) is 1.74. The first-order valence-electron chi connectivity index (χ1n) is 5.41. The van der Waals surface area contributed by atoms with Crippen molar-refractivity contribution in [1.82, 2.24) is 0 Å². The van der Waals surface area contributed by atoms with Gasteiger partial charge in [0, 0.05) is 15.5 Å². The minimum absolute atomic E-state index is 0.00803. The molecule has 0 heterocycles. The van der Waals surface area contributed by atoms with Crippen LogP contribution in [0.5, 0.6) is 0 Å². The van der Waals surface area contributed by atoms with Crippen LogP contribution in [0.15, 0.2) is 53.0 Å². The second kappa shape index (κ2) is 5.67. The van der Waals surface area contributed by atoms with Crippen LogP contribution in [0.25, 0.3) is 0 Å². The molecule has 1 atom stereocenters. The summed E-state index contributed by atoms with van der Waals surface area (Å²) in [5, 5.41) is 0.730. The lowest BCUT2D eigenvalue weighted by Gasteiger charge is -2.13. The molecule has 1 unspecified atom stereocenters. The zero-order chi connectivity index (χ0) is 12.3. The van der Waals surface area contributed by atoms with Gasteiger partial charge in [-0.25, -0.2) is 0 Å². The predicted octanol–water partition coefficient (Wildman–Crippen LogP) is 4.35. The summed E-state index contributed by atoms with van der Waals surface area (Å²) in [4.78, 5) is 0. The standard InChI is InChI=1S/C14H13BrClN/c15-13-9-12(16)7-6-11(13)8-14(17)10-4-2-1-3-5-10/h1-7,9,14H,8,17H2. The zero-order valence-corrected chi connectivity index (χ0v) is 11.6. The average Bonchev–Trinajstić information content (AvgIpc) is 2.34. The van der Waals surface area contributed by atoms with E-state index in [2.05, 4.69) is 28.1 Å². The van der Waals surface area contributed by atoms with Crippen LogP contribution in [0.2, 0.25) is 5.02 Å². The van der Waals surface area contributed by atoms with Crippen molar-refractivity contribution in [3.63, 3.8) is 0 Å². The van der Waals surface area contributed by atoms with Gasteiger partial charge in [0.25, 0.3) is 0 Å². The molecule has 2 N–H and O–H groups in total. The van der Waals surface area contributed by atoms with Crippen LogP contribution in [0.4, 0.5) is 0 Å². The van der Waals surface area contributed by atoms with Crippen LogP contribution in [-0.2, 0) is 6.42 Å². The Kier molecular flexibility index (Phi) is 4.21. The molecule has 0 saturated heterocycles. The molecule has 2 aromatic rings. The zero-order valence-electron chi connectivity index (χ0n) is 9.24. The molecule has 17 heavy (non-hydrogen) atoms. The van der Waals surface area contributed by atoms with Gasteiger partial charge in [0.05, 0.1) is 0 Å². The second-order valence-electron chi connectivity index (χ2n) is 3.96. The highest BCUT2D eigenvalue weighted by atomic mass is 79.9. The van der Waals surface area contributed by atoms with Crippen LogP contribution in [0.3, 0.4) is 0 Å². The summed E-state index contributed by atoms with van der Waals surface area (Å²) >= 11 is 9.42. The number of halogens is 2. The Hall–Kier alpha value is -0.830. The average molecular weight is 311 g/mol. The van der Waals surface area contributed by atoms with E-state index >= 15 is 0 Å². The summed E-state index contributed by atoms with van der Waals surface area (Å²) in [6, 6.07) is 15.9. The number of benzene rings is 2. The smallest absolute Gasteiger partial charge is 0.0417 e. The van der Waals surface area contributed by atoms with Crippen molar-refractivity contribution in [2.75, 3.05) is 0 Å². The van der Waals surface area contributed by atoms with E-state index in [1.807, 2.05) is 36.4 Å². The van der Waals surface area contributed by atoms with Gasteiger partial charge in [0.2, 0.25) is 0 Å². The molecule has 88 valence electrons. The van der Waals surface area contributed by atoms with E-state index in [1.54, 1.807) is 0 Å². The van der Waals surface area contributed by atoms with Crippen LogP contribution in [-0.4, -0.2) is 0 Å². The lowest BCUT2D eigenvalue weighted by molar-refractivity contribution is 0.720. The summed E-state index contributed by atoms with van der Waals surface area (Å²) in [5.74, 6) is 0. The quantitative estimate of drug-likeness (QED) is 0.896. The van der Waals surface area contributed by atoms with Crippen molar-refractivity contribution in [3.8, 4) is 0 Å². The first-order valence-corrected chi connectivity index (χ1v) is 6.58. The maximum atomic E-state index is 6.18. The fraction of sp³-hybridized carbons (Fsp3) is 0.143. The van der Waals surface area contributed by atoms with Crippen LogP contribution in [0.1, 0.15) is 17.2 Å². The van der Waals surface area contributed by atoms with Gasteiger partial charge in [0.15, 0.2) is 0 Å². The predicted molar refractivity (Wildman–Crippen MR) is 76.2 cm³/mol. The summed E-state index contributed by atoms with van der Waals surface area (Å²) < 4.78 is 1.01. The van der Waals surface area contributed by atoms with Crippen LogP contribution >= 0.6 is 27.5 Å². The van der Waals surface area contributed by atoms with Crippen molar-refractivity contribution in [2.45, 2.75) is 12.5 Å². The van der Waals surface area contributed by atoms with Gasteiger partial charge in [-0.15, -0.1) is 0 Å². The number of hydrogen-bond acceptors (Lipinski definition) is 1. The molecule has 2 rings (SSSR count). The van der Waals surface area contributed by atoms with Gasteiger partial charge >= 0.3 is 0 Å². The van der Waals surface area contributed by atoms with E-state index in [-0.39, 0.29) is 6.04 Å². The first kappa shape index (κ1) is 12.6. The minimum atomic E-state index is 0.00803. The van der Waals surface area contributed by atoms with Crippen molar-refractivity contribution in [2.24, 2.45) is 5.73 Å².